The highest BCUT2D eigenvalue weighted by Gasteiger charge is 1.95. The van der Waals surface area contributed by atoms with Crippen LogP contribution in [0.1, 0.15) is 0 Å². The van der Waals surface area contributed by atoms with Crippen molar-refractivity contribution in [2.24, 2.45) is 0 Å². The molecular formula is C14H11N3O2. The highest BCUT2D eigenvalue weighted by atomic mass is 16.4. The predicted molar refractivity (Wildman–Crippen MR) is 72.9 cm³/mol. The van der Waals surface area contributed by atoms with Gasteiger partial charge in [0.05, 0.1) is 22.9 Å². The van der Waals surface area contributed by atoms with Gasteiger partial charge < -0.3 is 9.40 Å². The fraction of sp³-hybridized carbons (Fsp3) is 0. The van der Waals surface area contributed by atoms with E-state index in [0.29, 0.717) is 5.58 Å². The molecule has 0 radical (unpaired) electrons. The van der Waals surface area contributed by atoms with Crippen molar-refractivity contribution < 1.29 is 4.42 Å². The number of para-hydroxylation sites is 4. The quantitative estimate of drug-likeness (QED) is 0.506. The lowest BCUT2D eigenvalue weighted by atomic mass is 10.3. The number of hydrogen-bond acceptors (Lipinski definition) is 3. The maximum atomic E-state index is 10.6. The van der Waals surface area contributed by atoms with Crippen molar-refractivity contribution in [2.45, 2.75) is 0 Å². The molecule has 5 nitrogen and oxygen atoms in total. The lowest BCUT2D eigenvalue weighted by Crippen LogP contribution is -1.92. The lowest BCUT2D eigenvalue weighted by molar-refractivity contribution is 0.555. The van der Waals surface area contributed by atoms with Crippen LogP contribution in [0.5, 0.6) is 0 Å². The van der Waals surface area contributed by atoms with E-state index in [4.69, 9.17) is 4.42 Å². The molecule has 94 valence electrons. The summed E-state index contributed by atoms with van der Waals surface area (Å²) in [7, 11) is 0. The molecule has 0 aliphatic carbocycles. The summed E-state index contributed by atoms with van der Waals surface area (Å²) < 4.78 is 4.76. The van der Waals surface area contributed by atoms with E-state index in [1.54, 1.807) is 18.5 Å². The largest absolute Gasteiger partial charge is 0.417 e. The molecule has 0 atom stereocenters. The summed E-state index contributed by atoms with van der Waals surface area (Å²) in [6.45, 7) is 0. The molecular weight excluding hydrogens is 242 g/mol. The molecule has 2 heterocycles. The maximum absolute atomic E-state index is 10.6. The summed E-state index contributed by atoms with van der Waals surface area (Å²) in [4.78, 5) is 20.2. The molecule has 2 aromatic carbocycles. The van der Waals surface area contributed by atoms with E-state index in [1.165, 1.54) is 0 Å². The van der Waals surface area contributed by atoms with Crippen molar-refractivity contribution in [3.8, 4) is 0 Å². The van der Waals surface area contributed by atoms with Crippen LogP contribution in [0.2, 0.25) is 0 Å². The summed E-state index contributed by atoms with van der Waals surface area (Å²) in [5, 5.41) is 0. The number of nitrogens with one attached hydrogen (secondary N) is 2. The lowest BCUT2D eigenvalue weighted by Gasteiger charge is -1.81. The van der Waals surface area contributed by atoms with Crippen LogP contribution in [0.15, 0.2) is 64.1 Å². The number of H-pyrrole nitrogens is 2. The van der Waals surface area contributed by atoms with Crippen molar-refractivity contribution in [2.75, 3.05) is 0 Å². The predicted octanol–water partition coefficient (Wildman–Crippen LogP) is 2.68. The van der Waals surface area contributed by atoms with Crippen LogP contribution >= 0.6 is 0 Å². The summed E-state index contributed by atoms with van der Waals surface area (Å²) >= 11 is 0. The summed E-state index contributed by atoms with van der Waals surface area (Å²) in [5.41, 5.74) is 3.47. The maximum Gasteiger partial charge on any atom is 0.417 e. The Labute approximate surface area is 107 Å². The molecule has 0 spiro atoms. The third-order valence-corrected chi connectivity index (χ3v) is 2.65. The molecule has 19 heavy (non-hydrogen) atoms. The Balaban J connectivity index is 0.000000117. The molecule has 0 amide bonds. The summed E-state index contributed by atoms with van der Waals surface area (Å²) in [6, 6.07) is 15.1. The number of oxazole rings is 1. The van der Waals surface area contributed by atoms with E-state index >= 15 is 0 Å². The van der Waals surface area contributed by atoms with Gasteiger partial charge in [0.2, 0.25) is 0 Å². The SMILES string of the molecule is O=c1[nH]c2ccccc2o1.c1ccc2[nH]cnc2c1. The Morgan fingerprint density at radius 3 is 2.47 bits per heavy atom. The minimum atomic E-state index is -0.402. The monoisotopic (exact) mass is 253 g/mol. The van der Waals surface area contributed by atoms with Gasteiger partial charge in [-0.15, -0.1) is 0 Å². The number of aromatic nitrogens is 3. The minimum Gasteiger partial charge on any atom is -0.408 e. The van der Waals surface area contributed by atoms with Gasteiger partial charge in [-0.2, -0.15) is 0 Å². The second kappa shape index (κ2) is 4.81. The minimum absolute atomic E-state index is 0.402. The molecule has 2 N–H and O–H groups in total. The average molecular weight is 253 g/mol. The third-order valence-electron chi connectivity index (χ3n) is 2.65. The number of fused-ring (bicyclic) bond motifs is 2. The van der Waals surface area contributed by atoms with Gasteiger partial charge in [-0.1, -0.05) is 24.3 Å². The zero-order chi connectivity index (χ0) is 13.1. The Morgan fingerprint density at radius 2 is 1.68 bits per heavy atom. The van der Waals surface area contributed by atoms with Crippen molar-refractivity contribution >= 4 is 22.1 Å². The van der Waals surface area contributed by atoms with Gasteiger partial charge >= 0.3 is 5.76 Å². The summed E-state index contributed by atoms with van der Waals surface area (Å²) in [6.07, 6.45) is 1.70. The number of benzene rings is 2. The first-order valence-electron chi connectivity index (χ1n) is 5.79. The molecule has 5 heteroatoms. The Kier molecular flexibility index (Phi) is 2.86. The van der Waals surface area contributed by atoms with E-state index in [9.17, 15) is 4.79 Å². The molecule has 0 aliphatic rings. The number of nitrogens with zero attached hydrogens (tertiary/aromatic N) is 1. The zero-order valence-corrected chi connectivity index (χ0v) is 9.96. The molecule has 0 fully saturated rings. The second-order valence-electron chi connectivity index (χ2n) is 3.93. The average Bonchev–Trinajstić information content (AvgIpc) is 3.03. The van der Waals surface area contributed by atoms with Crippen LogP contribution in [0, 0.1) is 0 Å². The van der Waals surface area contributed by atoms with Crippen molar-refractivity contribution in [3.63, 3.8) is 0 Å². The second-order valence-corrected chi connectivity index (χ2v) is 3.93. The first kappa shape index (κ1) is 11.3. The smallest absolute Gasteiger partial charge is 0.408 e. The first-order valence-corrected chi connectivity index (χ1v) is 5.79. The van der Waals surface area contributed by atoms with Crippen LogP contribution in [0.3, 0.4) is 0 Å². The number of hydrogen-bond donors (Lipinski definition) is 2. The highest BCUT2D eigenvalue weighted by Crippen LogP contribution is 2.06. The van der Waals surface area contributed by atoms with E-state index in [-0.39, 0.29) is 0 Å². The van der Waals surface area contributed by atoms with Crippen molar-refractivity contribution in [3.05, 3.63) is 65.4 Å². The zero-order valence-electron chi connectivity index (χ0n) is 9.96. The Morgan fingerprint density at radius 1 is 0.947 bits per heavy atom. The standard InChI is InChI=1S/C7H6N2.C7H5NO2/c1-2-4-7-6(3-1)8-5-9-7;9-7-8-5-3-1-2-4-6(5)10-7/h1-5H,(H,8,9);1-4H,(H,8,9). The molecule has 0 saturated carbocycles. The van der Waals surface area contributed by atoms with Crippen LogP contribution < -0.4 is 5.76 Å². The van der Waals surface area contributed by atoms with E-state index < -0.39 is 5.76 Å². The fourth-order valence-electron chi connectivity index (χ4n) is 1.77. The number of aromatic amines is 2. The molecule has 4 rings (SSSR count). The van der Waals surface area contributed by atoms with Crippen LogP contribution in [0.4, 0.5) is 0 Å². The normalized spacial score (nSPS) is 10.3. The van der Waals surface area contributed by atoms with Gasteiger partial charge in [0.1, 0.15) is 0 Å². The Hall–Kier alpha value is -2.82. The van der Waals surface area contributed by atoms with E-state index in [0.717, 1.165) is 16.6 Å². The molecule has 0 unspecified atom stereocenters. The van der Waals surface area contributed by atoms with Gasteiger partial charge in [0, 0.05) is 0 Å². The van der Waals surface area contributed by atoms with E-state index in [2.05, 4.69) is 15.0 Å². The first-order chi connectivity index (χ1) is 9.33. The number of imidazole rings is 1. The van der Waals surface area contributed by atoms with Gasteiger partial charge in [-0.25, -0.2) is 9.78 Å². The fourth-order valence-corrected chi connectivity index (χ4v) is 1.77. The van der Waals surface area contributed by atoms with Crippen molar-refractivity contribution in [1.29, 1.82) is 0 Å². The van der Waals surface area contributed by atoms with E-state index in [1.807, 2.05) is 36.4 Å². The van der Waals surface area contributed by atoms with Crippen LogP contribution in [-0.2, 0) is 0 Å². The topological polar surface area (TPSA) is 74.7 Å². The van der Waals surface area contributed by atoms with Crippen LogP contribution in [0.25, 0.3) is 22.1 Å². The van der Waals surface area contributed by atoms with Gasteiger partial charge in [0.25, 0.3) is 0 Å². The highest BCUT2D eigenvalue weighted by molar-refractivity contribution is 5.73. The van der Waals surface area contributed by atoms with Gasteiger partial charge in [-0.05, 0) is 24.3 Å². The van der Waals surface area contributed by atoms with Gasteiger partial charge in [0.15, 0.2) is 5.58 Å². The Bertz CT molecular complexity index is 791. The molecule has 0 aliphatic heterocycles. The summed E-state index contributed by atoms with van der Waals surface area (Å²) in [5.74, 6) is -0.402. The molecule has 0 saturated heterocycles. The third kappa shape index (κ3) is 2.40. The van der Waals surface area contributed by atoms with Crippen molar-refractivity contribution in [1.82, 2.24) is 15.0 Å². The number of rotatable bonds is 0. The van der Waals surface area contributed by atoms with Crippen LogP contribution in [-0.4, -0.2) is 15.0 Å². The molecule has 2 aromatic heterocycles. The molecule has 0 bridgehead atoms. The van der Waals surface area contributed by atoms with Gasteiger partial charge in [-0.3, -0.25) is 4.98 Å². The molecule has 4 aromatic rings.